The second kappa shape index (κ2) is 7.47. The molecule has 2 aromatic rings. The number of ether oxygens (including phenoxy) is 1. The van der Waals surface area contributed by atoms with E-state index in [1.165, 1.54) is 20.1 Å². The molecule has 6 nitrogen and oxygen atoms in total. The van der Waals surface area contributed by atoms with Gasteiger partial charge >= 0.3 is 0 Å². The summed E-state index contributed by atoms with van der Waals surface area (Å²) in [4.78, 5) is 23.4. The van der Waals surface area contributed by atoms with Crippen LogP contribution < -0.4 is 15.4 Å². The van der Waals surface area contributed by atoms with Gasteiger partial charge in [0.2, 0.25) is 11.8 Å². The molecule has 1 aromatic carbocycles. The average Bonchev–Trinajstić information content (AvgIpc) is 3.14. The van der Waals surface area contributed by atoms with Crippen molar-refractivity contribution in [2.75, 3.05) is 17.7 Å². The standard InChI is InChI=1S/C20H22N2O4/c1-12-10-16(12)18-8-5-15(26-18)6-9-20(24)22-17-11-14(21-13(2)23)4-7-19(17)25-3/h4-9,11-12,16H,10H2,1-3H3,(H,21,23)(H,22,24)/b9-6+. The van der Waals surface area contributed by atoms with Crippen LogP contribution in [-0.4, -0.2) is 18.9 Å². The van der Waals surface area contributed by atoms with E-state index in [-0.39, 0.29) is 11.8 Å². The minimum atomic E-state index is -0.319. The summed E-state index contributed by atoms with van der Waals surface area (Å²) in [6, 6.07) is 8.86. The zero-order valence-electron chi connectivity index (χ0n) is 15.0. The van der Waals surface area contributed by atoms with E-state index in [4.69, 9.17) is 9.15 Å². The van der Waals surface area contributed by atoms with Crippen LogP contribution in [0, 0.1) is 5.92 Å². The smallest absolute Gasteiger partial charge is 0.248 e. The van der Waals surface area contributed by atoms with Gasteiger partial charge in [0, 0.05) is 24.6 Å². The molecular formula is C20H22N2O4. The van der Waals surface area contributed by atoms with Crippen LogP contribution in [0.25, 0.3) is 6.08 Å². The van der Waals surface area contributed by atoms with Crippen LogP contribution in [0.4, 0.5) is 11.4 Å². The van der Waals surface area contributed by atoms with E-state index < -0.39 is 0 Å². The van der Waals surface area contributed by atoms with Crippen molar-refractivity contribution >= 4 is 29.3 Å². The Morgan fingerprint density at radius 3 is 2.65 bits per heavy atom. The molecule has 6 heteroatoms. The number of furan rings is 1. The Bertz CT molecular complexity index is 853. The van der Waals surface area contributed by atoms with Gasteiger partial charge in [-0.3, -0.25) is 9.59 Å². The fraction of sp³-hybridized carbons (Fsp3) is 0.300. The van der Waals surface area contributed by atoms with Crippen molar-refractivity contribution in [1.29, 1.82) is 0 Å². The highest BCUT2D eigenvalue weighted by Crippen LogP contribution is 2.47. The molecule has 2 unspecified atom stereocenters. The van der Waals surface area contributed by atoms with Crippen LogP contribution in [0.15, 0.2) is 40.8 Å². The third kappa shape index (κ3) is 4.33. The molecule has 1 fully saturated rings. The summed E-state index contributed by atoms with van der Waals surface area (Å²) in [5.41, 5.74) is 1.05. The number of carbonyl (C=O) groups is 2. The van der Waals surface area contributed by atoms with E-state index in [2.05, 4.69) is 17.6 Å². The number of benzene rings is 1. The maximum absolute atomic E-state index is 12.2. The molecule has 0 aliphatic heterocycles. The van der Waals surface area contributed by atoms with Gasteiger partial charge < -0.3 is 19.8 Å². The lowest BCUT2D eigenvalue weighted by atomic mass is 10.2. The predicted molar refractivity (Wildman–Crippen MR) is 100 cm³/mol. The highest BCUT2D eigenvalue weighted by molar-refractivity contribution is 6.03. The number of anilines is 2. The zero-order chi connectivity index (χ0) is 18.7. The number of hydrogen-bond acceptors (Lipinski definition) is 4. The molecule has 0 bridgehead atoms. The normalized spacial score (nSPS) is 18.6. The summed E-state index contributed by atoms with van der Waals surface area (Å²) in [5.74, 6) is 2.79. The van der Waals surface area contributed by atoms with Crippen LogP contribution in [0.2, 0.25) is 0 Å². The van der Waals surface area contributed by atoms with Crippen molar-refractivity contribution in [3.05, 3.63) is 47.9 Å². The number of amides is 2. The lowest BCUT2D eigenvalue weighted by molar-refractivity contribution is -0.114. The molecule has 2 amide bonds. The Morgan fingerprint density at radius 2 is 2.00 bits per heavy atom. The third-order valence-corrected chi connectivity index (χ3v) is 4.30. The maximum atomic E-state index is 12.2. The summed E-state index contributed by atoms with van der Waals surface area (Å²) in [6.07, 6.45) is 4.20. The number of nitrogens with one attached hydrogen (secondary N) is 2. The van der Waals surface area contributed by atoms with Gasteiger partial charge in [0.05, 0.1) is 12.8 Å². The van der Waals surface area contributed by atoms with Gasteiger partial charge in [0.25, 0.3) is 0 Å². The van der Waals surface area contributed by atoms with Gasteiger partial charge in [-0.25, -0.2) is 0 Å². The van der Waals surface area contributed by atoms with Crippen LogP contribution >= 0.6 is 0 Å². The summed E-state index contributed by atoms with van der Waals surface area (Å²) in [6.45, 7) is 3.61. The van der Waals surface area contributed by atoms with Gasteiger partial charge in [0.15, 0.2) is 0 Å². The molecule has 0 saturated heterocycles. The zero-order valence-corrected chi connectivity index (χ0v) is 15.0. The Morgan fingerprint density at radius 1 is 1.23 bits per heavy atom. The molecule has 1 aliphatic carbocycles. The Labute approximate surface area is 152 Å². The van der Waals surface area contributed by atoms with Gasteiger partial charge in [-0.1, -0.05) is 6.92 Å². The van der Waals surface area contributed by atoms with Gasteiger partial charge in [-0.15, -0.1) is 0 Å². The molecule has 136 valence electrons. The van der Waals surface area contributed by atoms with Crippen molar-refractivity contribution < 1.29 is 18.7 Å². The van der Waals surface area contributed by atoms with Crippen molar-refractivity contribution in [2.24, 2.45) is 5.92 Å². The van der Waals surface area contributed by atoms with E-state index in [0.717, 1.165) is 12.2 Å². The quantitative estimate of drug-likeness (QED) is 0.768. The van der Waals surface area contributed by atoms with Crippen molar-refractivity contribution in [3.8, 4) is 5.75 Å². The Hall–Kier alpha value is -3.02. The summed E-state index contributed by atoms with van der Waals surface area (Å²) < 4.78 is 11.0. The molecule has 1 aliphatic rings. The van der Waals surface area contributed by atoms with Crippen LogP contribution in [0.5, 0.6) is 5.75 Å². The van der Waals surface area contributed by atoms with Gasteiger partial charge in [0.1, 0.15) is 17.3 Å². The third-order valence-electron chi connectivity index (χ3n) is 4.30. The monoisotopic (exact) mass is 354 g/mol. The Balaban J connectivity index is 1.66. The molecule has 3 rings (SSSR count). The van der Waals surface area contributed by atoms with Gasteiger partial charge in [-0.2, -0.15) is 0 Å². The van der Waals surface area contributed by atoms with Crippen molar-refractivity contribution in [3.63, 3.8) is 0 Å². The van der Waals surface area contributed by atoms with E-state index in [0.29, 0.717) is 34.7 Å². The molecule has 0 radical (unpaired) electrons. The second-order valence-corrected chi connectivity index (χ2v) is 6.48. The van der Waals surface area contributed by atoms with Crippen molar-refractivity contribution in [1.82, 2.24) is 0 Å². The Kier molecular flexibility index (Phi) is 5.11. The topological polar surface area (TPSA) is 80.6 Å². The van der Waals surface area contributed by atoms with Gasteiger partial charge in [-0.05, 0) is 48.7 Å². The van der Waals surface area contributed by atoms with E-state index >= 15 is 0 Å². The van der Waals surface area contributed by atoms with Crippen molar-refractivity contribution in [2.45, 2.75) is 26.2 Å². The molecule has 1 saturated carbocycles. The minimum absolute atomic E-state index is 0.189. The molecular weight excluding hydrogens is 332 g/mol. The summed E-state index contributed by atoms with van der Waals surface area (Å²) >= 11 is 0. The lowest BCUT2D eigenvalue weighted by Gasteiger charge is -2.11. The molecule has 26 heavy (non-hydrogen) atoms. The first-order valence-corrected chi connectivity index (χ1v) is 8.50. The first kappa shape index (κ1) is 17.8. The van der Waals surface area contributed by atoms with E-state index in [1.54, 1.807) is 24.3 Å². The lowest BCUT2D eigenvalue weighted by Crippen LogP contribution is -2.10. The highest BCUT2D eigenvalue weighted by Gasteiger charge is 2.36. The SMILES string of the molecule is COc1ccc(NC(C)=O)cc1NC(=O)/C=C/c1ccc(C2CC2C)o1. The van der Waals surface area contributed by atoms with Crippen LogP contribution in [0.3, 0.4) is 0 Å². The molecule has 0 spiro atoms. The first-order chi connectivity index (χ1) is 12.5. The predicted octanol–water partition coefficient (Wildman–Crippen LogP) is 4.02. The fourth-order valence-electron chi connectivity index (χ4n) is 2.79. The van der Waals surface area contributed by atoms with Crippen LogP contribution in [-0.2, 0) is 9.59 Å². The second-order valence-electron chi connectivity index (χ2n) is 6.48. The van der Waals surface area contributed by atoms with Crippen LogP contribution in [0.1, 0.15) is 37.7 Å². The molecule has 1 heterocycles. The number of carbonyl (C=O) groups excluding carboxylic acids is 2. The molecule has 2 N–H and O–H groups in total. The number of methoxy groups -OCH3 is 1. The first-order valence-electron chi connectivity index (χ1n) is 8.50. The maximum Gasteiger partial charge on any atom is 0.248 e. The largest absolute Gasteiger partial charge is 0.495 e. The highest BCUT2D eigenvalue weighted by atomic mass is 16.5. The van der Waals surface area contributed by atoms with E-state index in [9.17, 15) is 9.59 Å². The molecule has 2 atom stereocenters. The summed E-state index contributed by atoms with van der Waals surface area (Å²) in [5, 5.41) is 5.42. The minimum Gasteiger partial charge on any atom is -0.495 e. The average molecular weight is 354 g/mol. The summed E-state index contributed by atoms with van der Waals surface area (Å²) in [7, 11) is 1.52. The number of hydrogen-bond donors (Lipinski definition) is 2. The van der Waals surface area contributed by atoms with E-state index in [1.807, 2.05) is 12.1 Å². The number of rotatable bonds is 6. The fourth-order valence-corrected chi connectivity index (χ4v) is 2.79. The molecule has 1 aromatic heterocycles.